The molecule has 1 saturated heterocycles. The molecule has 2 unspecified atom stereocenters. The van der Waals surface area contributed by atoms with Gasteiger partial charge in [-0.1, -0.05) is 30.3 Å². The molecule has 0 aliphatic carbocycles. The standard InChI is InChI=1S/C17H17F2NO/c18-14-7-13(8-15(19)9-14)17-10-20-16(11-21-17)6-12-4-2-1-3-5-12/h1-5,7-9,16-17,20H,6,10-11H2. The third-order valence-electron chi connectivity index (χ3n) is 3.67. The largest absolute Gasteiger partial charge is 0.371 e. The summed E-state index contributed by atoms with van der Waals surface area (Å²) in [5.41, 5.74) is 1.78. The first kappa shape index (κ1) is 14.2. The first-order valence-corrected chi connectivity index (χ1v) is 7.05. The second kappa shape index (κ2) is 6.33. The van der Waals surface area contributed by atoms with E-state index in [1.807, 2.05) is 18.2 Å². The minimum Gasteiger partial charge on any atom is -0.371 e. The molecular formula is C17H17F2NO. The number of benzene rings is 2. The zero-order valence-electron chi connectivity index (χ0n) is 11.6. The molecule has 1 N–H and O–H groups in total. The molecule has 110 valence electrons. The number of hydrogen-bond acceptors (Lipinski definition) is 2. The van der Waals surface area contributed by atoms with Crippen LogP contribution in [0.4, 0.5) is 8.78 Å². The molecule has 3 rings (SSSR count). The highest BCUT2D eigenvalue weighted by Crippen LogP contribution is 2.22. The smallest absolute Gasteiger partial charge is 0.126 e. The van der Waals surface area contributed by atoms with Gasteiger partial charge in [-0.25, -0.2) is 8.78 Å². The normalized spacial score (nSPS) is 22.2. The van der Waals surface area contributed by atoms with Crippen molar-refractivity contribution in [2.45, 2.75) is 18.6 Å². The van der Waals surface area contributed by atoms with Crippen LogP contribution < -0.4 is 5.32 Å². The first-order valence-electron chi connectivity index (χ1n) is 7.05. The van der Waals surface area contributed by atoms with Crippen LogP contribution in [0.2, 0.25) is 0 Å². The first-order chi connectivity index (χ1) is 10.2. The molecule has 0 bridgehead atoms. The topological polar surface area (TPSA) is 21.3 Å². The van der Waals surface area contributed by atoms with Gasteiger partial charge in [-0.15, -0.1) is 0 Å². The molecule has 1 aliphatic rings. The van der Waals surface area contributed by atoms with Crippen LogP contribution in [-0.4, -0.2) is 19.2 Å². The van der Waals surface area contributed by atoms with Gasteiger partial charge in [0.2, 0.25) is 0 Å². The van der Waals surface area contributed by atoms with Crippen LogP contribution in [-0.2, 0) is 11.2 Å². The van der Waals surface area contributed by atoms with Gasteiger partial charge in [0.25, 0.3) is 0 Å². The lowest BCUT2D eigenvalue weighted by molar-refractivity contribution is 0.00276. The Hall–Kier alpha value is -1.78. The summed E-state index contributed by atoms with van der Waals surface area (Å²) in [6.07, 6.45) is 0.577. The van der Waals surface area contributed by atoms with Gasteiger partial charge in [0.05, 0.1) is 12.7 Å². The molecule has 0 aromatic heterocycles. The van der Waals surface area contributed by atoms with Gasteiger partial charge in [-0.2, -0.15) is 0 Å². The van der Waals surface area contributed by atoms with Crippen molar-refractivity contribution < 1.29 is 13.5 Å². The Balaban J connectivity index is 1.60. The fourth-order valence-corrected chi connectivity index (χ4v) is 2.63. The number of rotatable bonds is 3. The molecule has 0 amide bonds. The van der Waals surface area contributed by atoms with Crippen molar-refractivity contribution in [3.05, 3.63) is 71.3 Å². The predicted molar refractivity (Wildman–Crippen MR) is 77.0 cm³/mol. The third-order valence-corrected chi connectivity index (χ3v) is 3.67. The Morgan fingerprint density at radius 1 is 1.05 bits per heavy atom. The Kier molecular flexibility index (Phi) is 4.27. The summed E-state index contributed by atoms with van der Waals surface area (Å²) < 4.78 is 32.2. The van der Waals surface area contributed by atoms with E-state index in [2.05, 4.69) is 17.4 Å². The van der Waals surface area contributed by atoms with Crippen LogP contribution in [0.25, 0.3) is 0 Å². The Bertz CT molecular complexity index is 575. The highest BCUT2D eigenvalue weighted by atomic mass is 19.1. The van der Waals surface area contributed by atoms with E-state index in [4.69, 9.17) is 4.74 Å². The molecule has 1 heterocycles. The van der Waals surface area contributed by atoms with Gasteiger partial charge in [0, 0.05) is 18.7 Å². The van der Waals surface area contributed by atoms with Crippen molar-refractivity contribution in [3.8, 4) is 0 Å². The molecule has 2 aromatic rings. The summed E-state index contributed by atoms with van der Waals surface area (Å²) in [5.74, 6) is -1.14. The van der Waals surface area contributed by atoms with Crippen molar-refractivity contribution in [2.75, 3.05) is 13.2 Å². The molecule has 21 heavy (non-hydrogen) atoms. The Morgan fingerprint density at radius 3 is 2.38 bits per heavy atom. The molecule has 0 radical (unpaired) electrons. The Morgan fingerprint density at radius 2 is 1.76 bits per heavy atom. The predicted octanol–water partition coefficient (Wildman–Crippen LogP) is 3.24. The van der Waals surface area contributed by atoms with E-state index in [0.29, 0.717) is 18.7 Å². The van der Waals surface area contributed by atoms with E-state index in [9.17, 15) is 8.78 Å². The minimum absolute atomic E-state index is 0.224. The van der Waals surface area contributed by atoms with E-state index >= 15 is 0 Å². The van der Waals surface area contributed by atoms with Crippen LogP contribution >= 0.6 is 0 Å². The third kappa shape index (κ3) is 3.65. The summed E-state index contributed by atoms with van der Waals surface area (Å²) in [7, 11) is 0. The average Bonchev–Trinajstić information content (AvgIpc) is 2.48. The summed E-state index contributed by atoms with van der Waals surface area (Å²) in [6, 6.07) is 13.9. The van der Waals surface area contributed by atoms with Crippen molar-refractivity contribution in [1.29, 1.82) is 0 Å². The van der Waals surface area contributed by atoms with Gasteiger partial charge >= 0.3 is 0 Å². The molecule has 2 aromatic carbocycles. The van der Waals surface area contributed by atoms with E-state index in [1.165, 1.54) is 17.7 Å². The second-order valence-electron chi connectivity index (χ2n) is 5.32. The number of hydrogen-bond donors (Lipinski definition) is 1. The van der Waals surface area contributed by atoms with Crippen molar-refractivity contribution in [3.63, 3.8) is 0 Å². The van der Waals surface area contributed by atoms with Gasteiger partial charge in [0.1, 0.15) is 11.6 Å². The van der Waals surface area contributed by atoms with Crippen LogP contribution in [0, 0.1) is 11.6 Å². The van der Waals surface area contributed by atoms with Crippen molar-refractivity contribution in [2.24, 2.45) is 0 Å². The summed E-state index contributed by atoms with van der Waals surface area (Å²) in [6.45, 7) is 1.08. The lowest BCUT2D eigenvalue weighted by atomic mass is 10.0. The van der Waals surface area contributed by atoms with Crippen LogP contribution in [0.1, 0.15) is 17.2 Å². The molecule has 0 saturated carbocycles. The van der Waals surface area contributed by atoms with E-state index in [1.54, 1.807) is 0 Å². The zero-order valence-corrected chi connectivity index (χ0v) is 11.6. The lowest BCUT2D eigenvalue weighted by Crippen LogP contribution is -2.44. The summed E-state index contributed by atoms with van der Waals surface area (Å²) in [4.78, 5) is 0. The second-order valence-corrected chi connectivity index (χ2v) is 5.32. The van der Waals surface area contributed by atoms with Crippen molar-refractivity contribution >= 4 is 0 Å². The molecule has 1 aliphatic heterocycles. The number of ether oxygens (including phenoxy) is 1. The molecule has 2 atom stereocenters. The number of halogens is 2. The highest BCUT2D eigenvalue weighted by molar-refractivity contribution is 5.21. The molecule has 4 heteroatoms. The molecular weight excluding hydrogens is 272 g/mol. The van der Waals surface area contributed by atoms with Gasteiger partial charge in [-0.05, 0) is 29.7 Å². The molecule has 1 fully saturated rings. The van der Waals surface area contributed by atoms with Gasteiger partial charge in [-0.3, -0.25) is 0 Å². The average molecular weight is 289 g/mol. The van der Waals surface area contributed by atoms with E-state index in [0.717, 1.165) is 12.5 Å². The van der Waals surface area contributed by atoms with Crippen LogP contribution in [0.15, 0.2) is 48.5 Å². The molecule has 0 spiro atoms. The van der Waals surface area contributed by atoms with E-state index < -0.39 is 11.6 Å². The fourth-order valence-electron chi connectivity index (χ4n) is 2.63. The number of morpholine rings is 1. The minimum atomic E-state index is -0.569. The maximum absolute atomic E-state index is 13.2. The summed E-state index contributed by atoms with van der Waals surface area (Å²) >= 11 is 0. The summed E-state index contributed by atoms with van der Waals surface area (Å²) in [5, 5.41) is 3.39. The quantitative estimate of drug-likeness (QED) is 0.936. The Labute approximate surface area is 122 Å². The fraction of sp³-hybridized carbons (Fsp3) is 0.294. The molecule has 2 nitrogen and oxygen atoms in total. The van der Waals surface area contributed by atoms with Crippen molar-refractivity contribution in [1.82, 2.24) is 5.32 Å². The monoisotopic (exact) mass is 289 g/mol. The highest BCUT2D eigenvalue weighted by Gasteiger charge is 2.23. The lowest BCUT2D eigenvalue weighted by Gasteiger charge is -2.30. The van der Waals surface area contributed by atoms with Gasteiger partial charge < -0.3 is 10.1 Å². The van der Waals surface area contributed by atoms with Crippen LogP contribution in [0.5, 0.6) is 0 Å². The SMILES string of the molecule is Fc1cc(F)cc(C2CNC(Cc3ccccc3)CO2)c1. The van der Waals surface area contributed by atoms with Crippen LogP contribution in [0.3, 0.4) is 0 Å². The number of nitrogens with one attached hydrogen (secondary N) is 1. The van der Waals surface area contributed by atoms with E-state index in [-0.39, 0.29) is 12.1 Å². The van der Waals surface area contributed by atoms with Gasteiger partial charge in [0.15, 0.2) is 0 Å². The maximum Gasteiger partial charge on any atom is 0.126 e. The maximum atomic E-state index is 13.2. The zero-order chi connectivity index (χ0) is 14.7.